The van der Waals surface area contributed by atoms with Crippen LogP contribution in [-0.2, 0) is 16.8 Å². The van der Waals surface area contributed by atoms with Crippen molar-refractivity contribution in [2.24, 2.45) is 0 Å². The van der Waals surface area contributed by atoms with Crippen LogP contribution in [0.5, 0.6) is 0 Å². The Morgan fingerprint density at radius 1 is 1.43 bits per heavy atom. The number of ketones is 1. The summed E-state index contributed by atoms with van der Waals surface area (Å²) in [6.07, 6.45) is 1.07. The summed E-state index contributed by atoms with van der Waals surface area (Å²) in [4.78, 5) is 11.4. The van der Waals surface area contributed by atoms with Crippen LogP contribution < -0.4 is 0 Å². The van der Waals surface area contributed by atoms with Gasteiger partial charge in [-0.1, -0.05) is 24.3 Å². The van der Waals surface area contributed by atoms with E-state index in [-0.39, 0.29) is 0 Å². The van der Waals surface area contributed by atoms with E-state index in [2.05, 4.69) is 0 Å². The Kier molecular flexibility index (Phi) is 2.13. The smallest absolute Gasteiger partial charge is 0.194 e. The van der Waals surface area contributed by atoms with E-state index >= 15 is 0 Å². The minimum absolute atomic E-state index is 0.381. The molecule has 74 valence electrons. The standard InChI is InChI=1S/C11H12O3/c12-7-10(13)11(14)6-5-8-3-1-2-4-9(8)11/h1-4,12,14H,5-7H2. The number of rotatable bonds is 2. The van der Waals surface area contributed by atoms with Crippen LogP contribution in [0.1, 0.15) is 17.5 Å². The van der Waals surface area contributed by atoms with Crippen LogP contribution in [0.2, 0.25) is 0 Å². The molecule has 14 heavy (non-hydrogen) atoms. The first-order chi connectivity index (χ1) is 6.68. The molecule has 0 bridgehead atoms. The number of aryl methyl sites for hydroxylation is 1. The first-order valence-electron chi connectivity index (χ1n) is 4.63. The number of hydrogen-bond acceptors (Lipinski definition) is 3. The first kappa shape index (κ1) is 9.37. The lowest BCUT2D eigenvalue weighted by Gasteiger charge is -2.20. The molecule has 0 spiro atoms. The number of hydrogen-bond donors (Lipinski definition) is 2. The van der Waals surface area contributed by atoms with Gasteiger partial charge in [0, 0.05) is 0 Å². The predicted octanol–water partition coefficient (Wildman–Crippen LogP) is 0.382. The molecule has 3 heteroatoms. The van der Waals surface area contributed by atoms with Crippen molar-refractivity contribution in [3.8, 4) is 0 Å². The number of fused-ring (bicyclic) bond motifs is 1. The topological polar surface area (TPSA) is 57.5 Å². The average Bonchev–Trinajstić information content (AvgIpc) is 2.58. The van der Waals surface area contributed by atoms with Crippen molar-refractivity contribution in [3.63, 3.8) is 0 Å². The number of aliphatic hydroxyl groups is 2. The second-order valence-electron chi connectivity index (χ2n) is 3.60. The lowest BCUT2D eigenvalue weighted by atomic mass is 9.92. The van der Waals surface area contributed by atoms with Crippen molar-refractivity contribution in [2.45, 2.75) is 18.4 Å². The second kappa shape index (κ2) is 3.19. The molecule has 0 saturated heterocycles. The van der Waals surface area contributed by atoms with Gasteiger partial charge in [-0.2, -0.15) is 0 Å². The predicted molar refractivity (Wildman–Crippen MR) is 50.8 cm³/mol. The van der Waals surface area contributed by atoms with Gasteiger partial charge in [0.15, 0.2) is 11.4 Å². The van der Waals surface area contributed by atoms with E-state index in [0.717, 1.165) is 5.56 Å². The average molecular weight is 192 g/mol. The van der Waals surface area contributed by atoms with Crippen molar-refractivity contribution in [1.29, 1.82) is 0 Å². The fraction of sp³-hybridized carbons (Fsp3) is 0.364. The molecule has 2 rings (SSSR count). The van der Waals surface area contributed by atoms with Gasteiger partial charge in [0.1, 0.15) is 6.61 Å². The lowest BCUT2D eigenvalue weighted by molar-refractivity contribution is -0.141. The van der Waals surface area contributed by atoms with Crippen molar-refractivity contribution in [3.05, 3.63) is 35.4 Å². The molecule has 0 aliphatic heterocycles. The van der Waals surface area contributed by atoms with E-state index in [4.69, 9.17) is 5.11 Å². The summed E-state index contributed by atoms with van der Waals surface area (Å²) < 4.78 is 0. The summed E-state index contributed by atoms with van der Waals surface area (Å²) >= 11 is 0. The largest absolute Gasteiger partial charge is 0.388 e. The van der Waals surface area contributed by atoms with Gasteiger partial charge in [-0.3, -0.25) is 4.79 Å². The lowest BCUT2D eigenvalue weighted by Crippen LogP contribution is -2.35. The normalized spacial score (nSPS) is 24.7. The first-order valence-corrected chi connectivity index (χ1v) is 4.63. The minimum atomic E-state index is -1.45. The maximum absolute atomic E-state index is 11.4. The number of Topliss-reactive ketones (excluding diaryl/α,β-unsaturated/α-hetero) is 1. The highest BCUT2D eigenvalue weighted by molar-refractivity contribution is 5.90. The summed E-state index contributed by atoms with van der Waals surface area (Å²) in [6.45, 7) is -0.606. The quantitative estimate of drug-likeness (QED) is 0.712. The van der Waals surface area contributed by atoms with Crippen LogP contribution in [0.15, 0.2) is 24.3 Å². The third kappa shape index (κ3) is 1.17. The third-order valence-corrected chi connectivity index (χ3v) is 2.82. The van der Waals surface area contributed by atoms with Gasteiger partial charge in [0.05, 0.1) is 0 Å². The fourth-order valence-corrected chi connectivity index (χ4v) is 2.01. The Hall–Kier alpha value is -1.19. The summed E-state index contributed by atoms with van der Waals surface area (Å²) in [6, 6.07) is 7.32. The highest BCUT2D eigenvalue weighted by Gasteiger charge is 2.42. The van der Waals surface area contributed by atoms with E-state index in [0.29, 0.717) is 18.4 Å². The molecule has 0 heterocycles. The van der Waals surface area contributed by atoms with Crippen LogP contribution in [0.4, 0.5) is 0 Å². The molecule has 0 aromatic heterocycles. The Morgan fingerprint density at radius 3 is 2.86 bits per heavy atom. The second-order valence-corrected chi connectivity index (χ2v) is 3.60. The molecule has 3 nitrogen and oxygen atoms in total. The molecule has 0 radical (unpaired) electrons. The van der Waals surface area contributed by atoms with Crippen LogP contribution in [0, 0.1) is 0 Å². The van der Waals surface area contributed by atoms with Crippen molar-refractivity contribution < 1.29 is 15.0 Å². The molecule has 1 unspecified atom stereocenters. The maximum atomic E-state index is 11.4. The van der Waals surface area contributed by atoms with Gasteiger partial charge in [-0.05, 0) is 24.0 Å². The third-order valence-electron chi connectivity index (χ3n) is 2.82. The van der Waals surface area contributed by atoms with Crippen LogP contribution in [0.3, 0.4) is 0 Å². The molecule has 0 amide bonds. The van der Waals surface area contributed by atoms with E-state index < -0.39 is 18.0 Å². The summed E-state index contributed by atoms with van der Waals surface area (Å²) in [5.41, 5.74) is 0.196. The Balaban J connectivity index is 2.47. The number of aliphatic hydroxyl groups excluding tert-OH is 1. The van der Waals surface area contributed by atoms with Gasteiger partial charge in [0.25, 0.3) is 0 Å². The Bertz CT molecular complexity index is 373. The zero-order valence-electron chi connectivity index (χ0n) is 7.73. The van der Waals surface area contributed by atoms with Crippen LogP contribution in [-0.4, -0.2) is 22.6 Å². The number of carbonyl (C=O) groups excluding carboxylic acids is 1. The highest BCUT2D eigenvalue weighted by Crippen LogP contribution is 2.37. The van der Waals surface area contributed by atoms with E-state index in [9.17, 15) is 9.90 Å². The highest BCUT2D eigenvalue weighted by atomic mass is 16.3. The molecule has 1 aliphatic carbocycles. The molecule has 1 aliphatic rings. The molecular formula is C11H12O3. The van der Waals surface area contributed by atoms with Gasteiger partial charge in [-0.25, -0.2) is 0 Å². The Morgan fingerprint density at radius 2 is 2.14 bits per heavy atom. The number of benzene rings is 1. The van der Waals surface area contributed by atoms with E-state index in [1.54, 1.807) is 12.1 Å². The van der Waals surface area contributed by atoms with Crippen LogP contribution >= 0.6 is 0 Å². The van der Waals surface area contributed by atoms with E-state index in [1.165, 1.54) is 0 Å². The molecule has 1 aromatic rings. The summed E-state index contributed by atoms with van der Waals surface area (Å²) in [5, 5.41) is 18.9. The van der Waals surface area contributed by atoms with Crippen molar-refractivity contribution in [2.75, 3.05) is 6.61 Å². The fourth-order valence-electron chi connectivity index (χ4n) is 2.01. The Labute approximate surface area is 82.0 Å². The molecule has 0 fully saturated rings. The molecule has 1 aromatic carbocycles. The number of carbonyl (C=O) groups is 1. The van der Waals surface area contributed by atoms with Gasteiger partial charge >= 0.3 is 0 Å². The SMILES string of the molecule is O=C(CO)C1(O)CCc2ccccc21. The molecule has 0 saturated carbocycles. The maximum Gasteiger partial charge on any atom is 0.194 e. The van der Waals surface area contributed by atoms with Gasteiger partial charge in [-0.15, -0.1) is 0 Å². The molecular weight excluding hydrogens is 180 g/mol. The van der Waals surface area contributed by atoms with Gasteiger partial charge < -0.3 is 10.2 Å². The summed E-state index contributed by atoms with van der Waals surface area (Å²) in [5.74, 6) is -0.512. The molecule has 1 atom stereocenters. The van der Waals surface area contributed by atoms with E-state index in [1.807, 2.05) is 12.1 Å². The van der Waals surface area contributed by atoms with Crippen molar-refractivity contribution >= 4 is 5.78 Å². The molecule has 2 N–H and O–H groups in total. The van der Waals surface area contributed by atoms with Gasteiger partial charge in [0.2, 0.25) is 0 Å². The van der Waals surface area contributed by atoms with Crippen LogP contribution in [0.25, 0.3) is 0 Å². The van der Waals surface area contributed by atoms with Crippen molar-refractivity contribution in [1.82, 2.24) is 0 Å². The zero-order chi connectivity index (χ0) is 10.2. The minimum Gasteiger partial charge on any atom is -0.388 e. The monoisotopic (exact) mass is 192 g/mol. The summed E-state index contributed by atoms with van der Waals surface area (Å²) in [7, 11) is 0. The zero-order valence-corrected chi connectivity index (χ0v) is 7.73.